The van der Waals surface area contributed by atoms with Crippen LogP contribution in [0.1, 0.15) is 98.3 Å². The summed E-state index contributed by atoms with van der Waals surface area (Å²) in [4.78, 5) is 0. The number of epoxide rings is 1. The Bertz CT molecular complexity index is 322. The van der Waals surface area contributed by atoms with Crippen molar-refractivity contribution in [3.05, 3.63) is 0 Å². The fourth-order valence-corrected chi connectivity index (χ4v) is 3.68. The molecular weight excluding hydrogens is 340 g/mol. The second-order valence-electron chi connectivity index (χ2n) is 7.93. The van der Waals surface area contributed by atoms with Crippen LogP contribution in [0.15, 0.2) is 0 Å². The minimum Gasteiger partial charge on any atom is -0.379 e. The van der Waals surface area contributed by atoms with Crippen LogP contribution in [-0.4, -0.2) is 44.9 Å². The summed E-state index contributed by atoms with van der Waals surface area (Å²) in [7, 11) is 0. The van der Waals surface area contributed by atoms with Gasteiger partial charge in [0, 0.05) is 25.7 Å². The maximum atomic E-state index is 6.38. The lowest BCUT2D eigenvalue weighted by molar-refractivity contribution is -0.273. The Morgan fingerprint density at radius 3 is 2.00 bits per heavy atom. The van der Waals surface area contributed by atoms with E-state index in [1.165, 1.54) is 38.5 Å². The zero-order valence-electron chi connectivity index (χ0n) is 18.6. The Hall–Kier alpha value is -0.160. The van der Waals surface area contributed by atoms with Crippen LogP contribution in [0.25, 0.3) is 0 Å². The number of unbranched alkanes of at least 4 members (excludes halogenated alkanes) is 5. The lowest BCUT2D eigenvalue weighted by atomic mass is 9.87. The molecule has 4 nitrogen and oxygen atoms in total. The Morgan fingerprint density at radius 1 is 0.815 bits per heavy atom. The van der Waals surface area contributed by atoms with E-state index in [0.717, 1.165) is 65.1 Å². The van der Waals surface area contributed by atoms with Gasteiger partial charge in [-0.15, -0.1) is 0 Å². The van der Waals surface area contributed by atoms with E-state index in [2.05, 4.69) is 27.7 Å². The molecule has 0 spiro atoms. The molecule has 0 saturated carbocycles. The van der Waals surface area contributed by atoms with Crippen molar-refractivity contribution in [3.63, 3.8) is 0 Å². The average molecular weight is 387 g/mol. The van der Waals surface area contributed by atoms with Gasteiger partial charge in [0.2, 0.25) is 0 Å². The summed E-state index contributed by atoms with van der Waals surface area (Å²) in [5.41, 5.74) is 0. The molecule has 0 amide bonds. The number of hydrogen-bond acceptors (Lipinski definition) is 4. The molecule has 0 bridgehead atoms. The van der Waals surface area contributed by atoms with Crippen LogP contribution in [0.3, 0.4) is 0 Å². The van der Waals surface area contributed by atoms with Gasteiger partial charge in [-0.3, -0.25) is 0 Å². The highest BCUT2D eigenvalue weighted by Gasteiger charge is 2.38. The highest BCUT2D eigenvalue weighted by molar-refractivity contribution is 4.80. The van der Waals surface area contributed by atoms with Crippen molar-refractivity contribution < 1.29 is 18.9 Å². The van der Waals surface area contributed by atoms with Crippen molar-refractivity contribution in [3.8, 4) is 0 Å². The van der Waals surface area contributed by atoms with Crippen LogP contribution in [0, 0.1) is 5.92 Å². The van der Waals surface area contributed by atoms with E-state index in [-0.39, 0.29) is 0 Å². The summed E-state index contributed by atoms with van der Waals surface area (Å²) in [6.45, 7) is 12.7. The van der Waals surface area contributed by atoms with Gasteiger partial charge in [-0.25, -0.2) is 0 Å². The number of ether oxygens (including phenoxy) is 4. The monoisotopic (exact) mass is 386 g/mol. The van der Waals surface area contributed by atoms with Crippen LogP contribution in [0.2, 0.25) is 0 Å². The third kappa shape index (κ3) is 10.8. The molecule has 0 radical (unpaired) electrons. The highest BCUT2D eigenvalue weighted by Crippen LogP contribution is 2.35. The minimum absolute atomic E-state index is 0.339. The zero-order valence-corrected chi connectivity index (χ0v) is 18.6. The Morgan fingerprint density at radius 2 is 1.44 bits per heavy atom. The van der Waals surface area contributed by atoms with Gasteiger partial charge >= 0.3 is 0 Å². The van der Waals surface area contributed by atoms with E-state index in [0.29, 0.717) is 12.0 Å². The van der Waals surface area contributed by atoms with E-state index in [9.17, 15) is 0 Å². The standard InChI is InChI=1S/C23H46O4/c1-5-9-10-11-12-13-14-21(15-18-24-19-22-20-25-22)23(8-4,26-16-6-2)27-17-7-3/h21-22H,5-20H2,1-4H3. The molecular formula is C23H46O4. The molecule has 0 aromatic carbocycles. The third-order valence-corrected chi connectivity index (χ3v) is 5.44. The van der Waals surface area contributed by atoms with Gasteiger partial charge in [0.25, 0.3) is 0 Å². The molecule has 0 aliphatic carbocycles. The van der Waals surface area contributed by atoms with E-state index in [1.807, 2.05) is 0 Å². The van der Waals surface area contributed by atoms with Gasteiger partial charge < -0.3 is 18.9 Å². The van der Waals surface area contributed by atoms with Crippen molar-refractivity contribution in [2.75, 3.05) is 33.0 Å². The third-order valence-electron chi connectivity index (χ3n) is 5.44. The molecule has 4 heteroatoms. The van der Waals surface area contributed by atoms with Gasteiger partial charge in [-0.05, 0) is 32.1 Å². The Kier molecular flexibility index (Phi) is 14.5. The van der Waals surface area contributed by atoms with Gasteiger partial charge in [0.15, 0.2) is 5.79 Å². The lowest BCUT2D eigenvalue weighted by Crippen LogP contribution is -2.44. The van der Waals surface area contributed by atoms with Crippen molar-refractivity contribution in [1.29, 1.82) is 0 Å². The number of rotatable bonds is 20. The second kappa shape index (κ2) is 15.7. The summed E-state index contributed by atoms with van der Waals surface area (Å²) in [6, 6.07) is 0. The predicted octanol–water partition coefficient (Wildman–Crippen LogP) is 6.12. The molecule has 0 aromatic rings. The fraction of sp³-hybridized carbons (Fsp3) is 1.00. The summed E-state index contributed by atoms with van der Waals surface area (Å²) < 4.78 is 23.9. The molecule has 0 aromatic heterocycles. The van der Waals surface area contributed by atoms with E-state index >= 15 is 0 Å². The molecule has 1 heterocycles. The van der Waals surface area contributed by atoms with Gasteiger partial charge in [-0.2, -0.15) is 0 Å². The maximum Gasteiger partial charge on any atom is 0.170 e. The molecule has 0 N–H and O–H groups in total. The molecule has 2 unspecified atom stereocenters. The molecule has 27 heavy (non-hydrogen) atoms. The first kappa shape index (κ1) is 24.9. The summed E-state index contributed by atoms with van der Waals surface area (Å²) in [5, 5.41) is 0. The van der Waals surface area contributed by atoms with Crippen LogP contribution in [-0.2, 0) is 18.9 Å². The molecule has 1 saturated heterocycles. The summed E-state index contributed by atoms with van der Waals surface area (Å²) in [6.07, 6.45) is 13.4. The topological polar surface area (TPSA) is 40.2 Å². The van der Waals surface area contributed by atoms with Crippen LogP contribution in [0.5, 0.6) is 0 Å². The fourth-order valence-electron chi connectivity index (χ4n) is 3.68. The van der Waals surface area contributed by atoms with Gasteiger partial charge in [-0.1, -0.05) is 66.2 Å². The van der Waals surface area contributed by atoms with Crippen molar-refractivity contribution >= 4 is 0 Å². The first-order chi connectivity index (χ1) is 13.2. The summed E-state index contributed by atoms with van der Waals surface area (Å²) >= 11 is 0. The van der Waals surface area contributed by atoms with Crippen LogP contribution >= 0.6 is 0 Å². The highest BCUT2D eigenvalue weighted by atomic mass is 16.7. The first-order valence-corrected chi connectivity index (χ1v) is 11.7. The average Bonchev–Trinajstić information content (AvgIpc) is 3.51. The molecule has 1 rings (SSSR count). The lowest BCUT2D eigenvalue weighted by Gasteiger charge is -2.40. The van der Waals surface area contributed by atoms with E-state index in [1.54, 1.807) is 0 Å². The van der Waals surface area contributed by atoms with E-state index < -0.39 is 5.79 Å². The molecule has 2 atom stereocenters. The Labute approximate surface area is 168 Å². The number of hydrogen-bond donors (Lipinski definition) is 0. The smallest absolute Gasteiger partial charge is 0.170 e. The van der Waals surface area contributed by atoms with Gasteiger partial charge in [0.05, 0.1) is 13.2 Å². The van der Waals surface area contributed by atoms with Crippen LogP contribution < -0.4 is 0 Å². The SMILES string of the molecule is CCCCCCCCC(CCOCC1CO1)C(CC)(OCCC)OCCC. The maximum absolute atomic E-state index is 6.38. The normalized spacial score (nSPS) is 18.0. The van der Waals surface area contributed by atoms with Crippen molar-refractivity contribution in [1.82, 2.24) is 0 Å². The summed E-state index contributed by atoms with van der Waals surface area (Å²) in [5.74, 6) is -0.0542. The predicted molar refractivity (Wildman–Crippen MR) is 112 cm³/mol. The van der Waals surface area contributed by atoms with E-state index in [4.69, 9.17) is 18.9 Å². The first-order valence-electron chi connectivity index (χ1n) is 11.7. The van der Waals surface area contributed by atoms with Crippen molar-refractivity contribution in [2.24, 2.45) is 5.92 Å². The molecule has 1 fully saturated rings. The largest absolute Gasteiger partial charge is 0.379 e. The molecule has 162 valence electrons. The zero-order chi connectivity index (χ0) is 19.8. The minimum atomic E-state index is -0.450. The van der Waals surface area contributed by atoms with Crippen molar-refractivity contribution in [2.45, 2.75) is 110 Å². The second-order valence-corrected chi connectivity index (χ2v) is 7.93. The van der Waals surface area contributed by atoms with Gasteiger partial charge in [0.1, 0.15) is 6.10 Å². The molecule has 1 aliphatic rings. The Balaban J connectivity index is 2.58. The quantitative estimate of drug-likeness (QED) is 0.144. The molecule has 1 aliphatic heterocycles. The van der Waals surface area contributed by atoms with Crippen LogP contribution in [0.4, 0.5) is 0 Å².